The van der Waals surface area contributed by atoms with Crippen LogP contribution in [0.2, 0.25) is 0 Å². The smallest absolute Gasteiger partial charge is 0.342 e. The molecule has 0 aliphatic rings. The fourth-order valence-electron chi connectivity index (χ4n) is 1.34. The van der Waals surface area contributed by atoms with Crippen molar-refractivity contribution in [2.24, 2.45) is 0 Å². The Kier molecular flexibility index (Phi) is 4.71. The van der Waals surface area contributed by atoms with Gasteiger partial charge < -0.3 is 10.2 Å². The van der Waals surface area contributed by atoms with Gasteiger partial charge in [0.25, 0.3) is 5.56 Å². The maximum Gasteiger partial charge on any atom is 0.342 e. The Morgan fingerprint density at radius 1 is 1.31 bits per heavy atom. The molecule has 0 radical (unpaired) electrons. The predicted octanol–water partition coefficient (Wildman–Crippen LogP) is -0.788. The van der Waals surface area contributed by atoms with E-state index < -0.39 is 11.2 Å². The summed E-state index contributed by atoms with van der Waals surface area (Å²) in [6.07, 6.45) is 0. The molecule has 0 saturated heterocycles. The molecule has 0 aliphatic carbocycles. The van der Waals surface area contributed by atoms with E-state index in [2.05, 4.69) is 39.2 Å². The van der Waals surface area contributed by atoms with E-state index >= 15 is 0 Å². The van der Waals surface area contributed by atoms with Gasteiger partial charge in [0.2, 0.25) is 5.82 Å². The molecule has 0 bridgehead atoms. The molecule has 0 spiro atoms. The van der Waals surface area contributed by atoms with Gasteiger partial charge in [-0.25, -0.2) is 9.89 Å². The topological polar surface area (TPSA) is 93.9 Å². The number of aromatic amines is 2. The predicted molar refractivity (Wildman–Crippen MR) is 61.8 cm³/mol. The fraction of sp³-hybridized carbons (Fsp3) is 0.667. The van der Waals surface area contributed by atoms with Gasteiger partial charge in [-0.1, -0.05) is 13.8 Å². The number of likely N-dealkylation sites (N-methyl/N-ethyl adjacent to an activating group) is 1. The first kappa shape index (κ1) is 12.4. The third-order valence-electron chi connectivity index (χ3n) is 2.33. The lowest BCUT2D eigenvalue weighted by atomic mass is 10.4. The van der Waals surface area contributed by atoms with Crippen LogP contribution in [-0.4, -0.2) is 46.3 Å². The van der Waals surface area contributed by atoms with Gasteiger partial charge >= 0.3 is 5.69 Å². The molecule has 1 heterocycles. The van der Waals surface area contributed by atoms with Crippen LogP contribution in [0.4, 0.5) is 5.82 Å². The first-order chi connectivity index (χ1) is 7.67. The average molecular weight is 227 g/mol. The first-order valence-electron chi connectivity index (χ1n) is 5.32. The normalized spacial score (nSPS) is 10.7. The maximum atomic E-state index is 11.2. The number of hydrogen-bond donors (Lipinski definition) is 3. The molecular weight excluding hydrogens is 210 g/mol. The van der Waals surface area contributed by atoms with Crippen molar-refractivity contribution in [2.45, 2.75) is 13.8 Å². The Hall–Kier alpha value is -1.63. The first-order valence-corrected chi connectivity index (χ1v) is 5.32. The number of nitrogens with one attached hydrogen (secondary N) is 3. The largest absolute Gasteiger partial charge is 0.363 e. The molecule has 0 atom stereocenters. The summed E-state index contributed by atoms with van der Waals surface area (Å²) in [5.41, 5.74) is -1.09. The molecular formula is C9H17N5O2. The quantitative estimate of drug-likeness (QED) is 0.592. The van der Waals surface area contributed by atoms with Crippen LogP contribution in [0.5, 0.6) is 0 Å². The SMILES string of the molecule is CCN(CC)CCNc1n[nH]c(=O)[nH]c1=O. The average Bonchev–Trinajstić information content (AvgIpc) is 2.27. The molecule has 0 aliphatic heterocycles. The van der Waals surface area contributed by atoms with E-state index in [4.69, 9.17) is 0 Å². The van der Waals surface area contributed by atoms with Gasteiger partial charge in [0.05, 0.1) is 0 Å². The van der Waals surface area contributed by atoms with Crippen molar-refractivity contribution in [3.05, 3.63) is 20.8 Å². The molecule has 1 aromatic heterocycles. The highest BCUT2D eigenvalue weighted by atomic mass is 16.2. The van der Waals surface area contributed by atoms with E-state index in [1.54, 1.807) is 0 Å². The summed E-state index contributed by atoms with van der Waals surface area (Å²) in [7, 11) is 0. The number of H-pyrrole nitrogens is 2. The zero-order valence-corrected chi connectivity index (χ0v) is 9.54. The zero-order valence-electron chi connectivity index (χ0n) is 9.54. The minimum absolute atomic E-state index is 0.145. The highest BCUT2D eigenvalue weighted by Gasteiger charge is 2.02. The summed E-state index contributed by atoms with van der Waals surface area (Å²) in [4.78, 5) is 26.3. The van der Waals surface area contributed by atoms with Crippen LogP contribution in [0.3, 0.4) is 0 Å². The fourth-order valence-corrected chi connectivity index (χ4v) is 1.34. The number of aromatic nitrogens is 3. The summed E-state index contributed by atoms with van der Waals surface area (Å²) in [6.45, 7) is 7.53. The number of nitrogens with zero attached hydrogens (tertiary/aromatic N) is 2. The van der Waals surface area contributed by atoms with Gasteiger partial charge in [0, 0.05) is 13.1 Å². The van der Waals surface area contributed by atoms with Gasteiger partial charge in [0.1, 0.15) is 0 Å². The highest BCUT2D eigenvalue weighted by molar-refractivity contribution is 5.28. The second kappa shape index (κ2) is 6.06. The van der Waals surface area contributed by atoms with Gasteiger partial charge in [0.15, 0.2) is 0 Å². The molecule has 0 aromatic carbocycles. The van der Waals surface area contributed by atoms with Crippen LogP contribution in [0.25, 0.3) is 0 Å². The summed E-state index contributed by atoms with van der Waals surface area (Å²) < 4.78 is 0. The van der Waals surface area contributed by atoms with E-state index in [0.29, 0.717) is 6.54 Å². The van der Waals surface area contributed by atoms with Crippen molar-refractivity contribution in [1.82, 2.24) is 20.1 Å². The third-order valence-corrected chi connectivity index (χ3v) is 2.33. The lowest BCUT2D eigenvalue weighted by molar-refractivity contribution is 0.316. The molecule has 7 nitrogen and oxygen atoms in total. The Balaban J connectivity index is 2.49. The Morgan fingerprint density at radius 3 is 2.56 bits per heavy atom. The van der Waals surface area contributed by atoms with Crippen LogP contribution >= 0.6 is 0 Å². The Morgan fingerprint density at radius 2 is 2.00 bits per heavy atom. The van der Waals surface area contributed by atoms with Gasteiger partial charge in [-0.05, 0) is 13.1 Å². The Bertz CT molecular complexity index is 420. The van der Waals surface area contributed by atoms with E-state index in [1.807, 2.05) is 0 Å². The van der Waals surface area contributed by atoms with Crippen LogP contribution < -0.4 is 16.6 Å². The molecule has 90 valence electrons. The van der Waals surface area contributed by atoms with Crippen molar-refractivity contribution >= 4 is 5.82 Å². The van der Waals surface area contributed by atoms with E-state index in [0.717, 1.165) is 19.6 Å². The van der Waals surface area contributed by atoms with Crippen molar-refractivity contribution < 1.29 is 0 Å². The minimum Gasteiger partial charge on any atom is -0.363 e. The number of anilines is 1. The molecule has 1 rings (SSSR count). The van der Waals surface area contributed by atoms with Gasteiger partial charge in [-0.3, -0.25) is 9.78 Å². The number of rotatable bonds is 6. The van der Waals surface area contributed by atoms with Crippen LogP contribution in [0.15, 0.2) is 9.59 Å². The summed E-state index contributed by atoms with van der Waals surface area (Å²) >= 11 is 0. The second-order valence-electron chi connectivity index (χ2n) is 3.31. The minimum atomic E-state index is -0.598. The molecule has 3 N–H and O–H groups in total. The lowest BCUT2D eigenvalue weighted by Crippen LogP contribution is -2.32. The van der Waals surface area contributed by atoms with Crippen LogP contribution in [0, 0.1) is 0 Å². The van der Waals surface area contributed by atoms with Crippen molar-refractivity contribution in [2.75, 3.05) is 31.5 Å². The third kappa shape index (κ3) is 3.50. The van der Waals surface area contributed by atoms with E-state index in [1.165, 1.54) is 0 Å². The van der Waals surface area contributed by atoms with Gasteiger partial charge in [-0.2, -0.15) is 0 Å². The monoisotopic (exact) mass is 227 g/mol. The highest BCUT2D eigenvalue weighted by Crippen LogP contribution is 1.89. The zero-order chi connectivity index (χ0) is 12.0. The Labute approximate surface area is 92.9 Å². The number of hydrogen-bond acceptors (Lipinski definition) is 5. The maximum absolute atomic E-state index is 11.2. The van der Waals surface area contributed by atoms with Crippen molar-refractivity contribution in [3.8, 4) is 0 Å². The summed E-state index contributed by atoms with van der Waals surface area (Å²) in [6, 6.07) is 0. The molecule has 1 aromatic rings. The van der Waals surface area contributed by atoms with Crippen molar-refractivity contribution in [1.29, 1.82) is 0 Å². The van der Waals surface area contributed by atoms with Crippen LogP contribution in [0.1, 0.15) is 13.8 Å². The molecule has 0 saturated carbocycles. The van der Waals surface area contributed by atoms with Crippen molar-refractivity contribution in [3.63, 3.8) is 0 Å². The summed E-state index contributed by atoms with van der Waals surface area (Å²) in [5, 5.41) is 8.66. The molecule has 0 unspecified atom stereocenters. The summed E-state index contributed by atoms with van der Waals surface area (Å²) in [5.74, 6) is 0.145. The lowest BCUT2D eigenvalue weighted by Gasteiger charge is -2.17. The molecule has 16 heavy (non-hydrogen) atoms. The molecule has 0 fully saturated rings. The standard InChI is InChI=1S/C9H17N5O2/c1-3-14(4-2)6-5-10-7-8(15)11-9(16)13-12-7/h3-6H2,1-2H3,(H,10,12)(H2,11,13,15,16). The van der Waals surface area contributed by atoms with Gasteiger partial charge in [-0.15, -0.1) is 5.10 Å². The van der Waals surface area contributed by atoms with E-state index in [-0.39, 0.29) is 5.82 Å². The molecule has 0 amide bonds. The molecule has 7 heteroatoms. The van der Waals surface area contributed by atoms with E-state index in [9.17, 15) is 9.59 Å². The second-order valence-corrected chi connectivity index (χ2v) is 3.31. The van der Waals surface area contributed by atoms with Crippen LogP contribution in [-0.2, 0) is 0 Å².